The fourth-order valence-corrected chi connectivity index (χ4v) is 1.35. The van der Waals surface area contributed by atoms with Gasteiger partial charge in [-0.25, -0.2) is 4.79 Å². The number of hydrogen-bond acceptors (Lipinski definition) is 3. The van der Waals surface area contributed by atoms with Crippen LogP contribution in [0.15, 0.2) is 0 Å². The average Bonchev–Trinajstić information content (AvgIpc) is 2.30. The zero-order valence-electron chi connectivity index (χ0n) is 8.41. The maximum Gasteiger partial charge on any atom is 0.410 e. The Hall–Kier alpha value is -0.770. The van der Waals surface area contributed by atoms with Crippen LogP contribution in [-0.4, -0.2) is 41.9 Å². The lowest BCUT2D eigenvalue weighted by atomic mass is 9.96. The van der Waals surface area contributed by atoms with Crippen molar-refractivity contribution in [1.82, 2.24) is 4.90 Å². The van der Waals surface area contributed by atoms with Crippen molar-refractivity contribution < 1.29 is 14.6 Å². The summed E-state index contributed by atoms with van der Waals surface area (Å²) < 4.78 is 4.84. The number of aliphatic hydroxyl groups is 1. The van der Waals surface area contributed by atoms with Crippen LogP contribution < -0.4 is 0 Å². The Kier molecular flexibility index (Phi) is 2.81. The number of rotatable bonds is 2. The van der Waals surface area contributed by atoms with Crippen LogP contribution in [0.4, 0.5) is 4.79 Å². The molecule has 0 saturated carbocycles. The second-order valence-corrected chi connectivity index (χ2v) is 4.60. The molecule has 76 valence electrons. The fraction of sp³-hybridized carbons (Fsp3) is 0.889. The molecule has 0 aromatic heterocycles. The van der Waals surface area contributed by atoms with Gasteiger partial charge in [-0.3, -0.25) is 4.90 Å². The lowest BCUT2D eigenvalue weighted by Crippen LogP contribution is -2.41. The van der Waals surface area contributed by atoms with Gasteiger partial charge in [-0.05, 0) is 5.41 Å². The van der Waals surface area contributed by atoms with E-state index in [2.05, 4.69) is 0 Å². The first kappa shape index (κ1) is 10.3. The molecule has 1 N–H and O–H groups in total. The molecule has 1 fully saturated rings. The van der Waals surface area contributed by atoms with Crippen molar-refractivity contribution >= 4 is 6.09 Å². The minimum atomic E-state index is -0.311. The van der Waals surface area contributed by atoms with Crippen LogP contribution in [0, 0.1) is 5.41 Å². The van der Waals surface area contributed by atoms with E-state index in [0.717, 1.165) is 0 Å². The molecule has 1 atom stereocenters. The van der Waals surface area contributed by atoms with Crippen LogP contribution in [0.5, 0.6) is 0 Å². The molecule has 0 aliphatic carbocycles. The molecule has 1 rings (SSSR count). The molecule has 1 amide bonds. The first-order valence-electron chi connectivity index (χ1n) is 4.48. The Morgan fingerprint density at radius 1 is 1.62 bits per heavy atom. The Morgan fingerprint density at radius 3 is 2.69 bits per heavy atom. The highest BCUT2D eigenvalue weighted by atomic mass is 16.6. The van der Waals surface area contributed by atoms with Crippen LogP contribution in [0.25, 0.3) is 0 Å². The minimum Gasteiger partial charge on any atom is -0.447 e. The molecule has 1 saturated heterocycles. The summed E-state index contributed by atoms with van der Waals surface area (Å²) in [5.74, 6) is 0. The molecule has 13 heavy (non-hydrogen) atoms. The molecule has 1 heterocycles. The van der Waals surface area contributed by atoms with E-state index in [1.54, 1.807) is 4.90 Å². The third kappa shape index (κ3) is 2.59. The maximum atomic E-state index is 11.2. The average molecular weight is 187 g/mol. The molecule has 1 unspecified atom stereocenters. The lowest BCUT2D eigenvalue weighted by molar-refractivity contribution is 0.132. The van der Waals surface area contributed by atoms with Crippen LogP contribution in [-0.2, 0) is 4.74 Å². The lowest BCUT2D eigenvalue weighted by Gasteiger charge is -2.27. The monoisotopic (exact) mass is 187 g/mol. The van der Waals surface area contributed by atoms with Crippen LogP contribution in [0.1, 0.15) is 20.8 Å². The predicted octanol–water partition coefficient (Wildman–Crippen LogP) is 0.846. The number of cyclic esters (lactones) is 1. The highest BCUT2D eigenvalue weighted by Gasteiger charge is 2.34. The predicted molar refractivity (Wildman–Crippen MR) is 48.4 cm³/mol. The van der Waals surface area contributed by atoms with Crippen LogP contribution >= 0.6 is 0 Å². The van der Waals surface area contributed by atoms with Crippen LogP contribution in [0.2, 0.25) is 0 Å². The number of carbonyl (C=O) groups excluding carboxylic acids is 1. The quantitative estimate of drug-likeness (QED) is 0.697. The van der Waals surface area contributed by atoms with E-state index in [1.165, 1.54) is 0 Å². The summed E-state index contributed by atoms with van der Waals surface area (Å²) in [6, 6.07) is -0.160. The zero-order chi connectivity index (χ0) is 10.1. The van der Waals surface area contributed by atoms with Gasteiger partial charge < -0.3 is 9.84 Å². The number of carbonyl (C=O) groups is 1. The first-order chi connectivity index (χ1) is 5.94. The summed E-state index contributed by atoms with van der Waals surface area (Å²) in [5, 5.41) is 8.98. The van der Waals surface area contributed by atoms with E-state index < -0.39 is 0 Å². The van der Waals surface area contributed by atoms with Crippen molar-refractivity contribution in [2.24, 2.45) is 5.41 Å². The van der Waals surface area contributed by atoms with Crippen molar-refractivity contribution in [2.45, 2.75) is 26.8 Å². The van der Waals surface area contributed by atoms with Gasteiger partial charge in [-0.1, -0.05) is 20.8 Å². The number of nitrogens with zero attached hydrogens (tertiary/aromatic N) is 1. The van der Waals surface area contributed by atoms with Gasteiger partial charge in [0.2, 0.25) is 0 Å². The fourth-order valence-electron chi connectivity index (χ4n) is 1.35. The van der Waals surface area contributed by atoms with Gasteiger partial charge in [-0.2, -0.15) is 0 Å². The molecule has 0 aromatic carbocycles. The normalized spacial score (nSPS) is 23.5. The summed E-state index contributed by atoms with van der Waals surface area (Å²) in [7, 11) is 0. The molecule has 1 aliphatic rings. The Labute approximate surface area is 78.5 Å². The van der Waals surface area contributed by atoms with E-state index in [4.69, 9.17) is 9.84 Å². The van der Waals surface area contributed by atoms with Crippen molar-refractivity contribution in [3.05, 3.63) is 0 Å². The Balaban J connectivity index is 2.60. The van der Waals surface area contributed by atoms with Gasteiger partial charge >= 0.3 is 6.09 Å². The van der Waals surface area contributed by atoms with E-state index in [-0.39, 0.29) is 24.2 Å². The molecule has 0 aromatic rings. The van der Waals surface area contributed by atoms with Crippen molar-refractivity contribution in [3.8, 4) is 0 Å². The molecule has 0 spiro atoms. The summed E-state index contributed by atoms with van der Waals surface area (Å²) >= 11 is 0. The van der Waals surface area contributed by atoms with E-state index >= 15 is 0 Å². The molecule has 1 aliphatic heterocycles. The van der Waals surface area contributed by atoms with Gasteiger partial charge in [0.1, 0.15) is 6.61 Å². The van der Waals surface area contributed by atoms with Crippen molar-refractivity contribution in [3.63, 3.8) is 0 Å². The molecule has 0 bridgehead atoms. The van der Waals surface area contributed by atoms with E-state index in [1.807, 2.05) is 20.8 Å². The van der Waals surface area contributed by atoms with Gasteiger partial charge in [0.15, 0.2) is 0 Å². The number of ether oxygens (including phenoxy) is 1. The Bertz CT molecular complexity index is 198. The summed E-state index contributed by atoms with van der Waals surface area (Å²) in [4.78, 5) is 12.8. The van der Waals surface area contributed by atoms with Crippen molar-refractivity contribution in [1.29, 1.82) is 0 Å². The third-order valence-corrected chi connectivity index (χ3v) is 1.93. The highest BCUT2D eigenvalue weighted by molar-refractivity contribution is 5.70. The smallest absolute Gasteiger partial charge is 0.410 e. The largest absolute Gasteiger partial charge is 0.447 e. The first-order valence-corrected chi connectivity index (χ1v) is 4.48. The van der Waals surface area contributed by atoms with Gasteiger partial charge in [0, 0.05) is 6.54 Å². The Morgan fingerprint density at radius 2 is 2.23 bits per heavy atom. The molecule has 0 radical (unpaired) electrons. The second kappa shape index (κ2) is 3.54. The van der Waals surface area contributed by atoms with Gasteiger partial charge in [0.25, 0.3) is 0 Å². The molecular weight excluding hydrogens is 170 g/mol. The second-order valence-electron chi connectivity index (χ2n) is 4.60. The SMILES string of the molecule is CC(C)(C)CN1C(=O)OCC1CO. The number of amides is 1. The standard InChI is InChI=1S/C9H17NO3/c1-9(2,3)6-10-7(4-11)5-13-8(10)12/h7,11H,4-6H2,1-3H3. The summed E-state index contributed by atoms with van der Waals surface area (Å²) in [6.07, 6.45) is -0.311. The summed E-state index contributed by atoms with van der Waals surface area (Å²) in [5.41, 5.74) is 0.0385. The topological polar surface area (TPSA) is 49.8 Å². The maximum absolute atomic E-state index is 11.2. The number of aliphatic hydroxyl groups excluding tert-OH is 1. The van der Waals surface area contributed by atoms with E-state index in [9.17, 15) is 4.79 Å². The van der Waals surface area contributed by atoms with Crippen LogP contribution in [0.3, 0.4) is 0 Å². The number of hydrogen-bond donors (Lipinski definition) is 1. The molecule has 4 heteroatoms. The van der Waals surface area contributed by atoms with Crippen molar-refractivity contribution in [2.75, 3.05) is 19.8 Å². The molecule has 4 nitrogen and oxygen atoms in total. The summed E-state index contributed by atoms with van der Waals surface area (Å²) in [6.45, 7) is 7.05. The van der Waals surface area contributed by atoms with Gasteiger partial charge in [0.05, 0.1) is 12.6 Å². The minimum absolute atomic E-state index is 0.0260. The molecular formula is C9H17NO3. The highest BCUT2D eigenvalue weighted by Crippen LogP contribution is 2.21. The van der Waals surface area contributed by atoms with E-state index in [0.29, 0.717) is 13.2 Å². The third-order valence-electron chi connectivity index (χ3n) is 1.93. The van der Waals surface area contributed by atoms with Gasteiger partial charge in [-0.15, -0.1) is 0 Å². The zero-order valence-corrected chi connectivity index (χ0v) is 8.41.